The quantitative estimate of drug-likeness (QED) is 0.557. The summed E-state index contributed by atoms with van der Waals surface area (Å²) in [4.78, 5) is 11.4. The number of nitrogens with one attached hydrogen (secondary N) is 1. The van der Waals surface area contributed by atoms with Gasteiger partial charge in [0.2, 0.25) is 5.91 Å². The van der Waals surface area contributed by atoms with Crippen LogP contribution in [0.5, 0.6) is 0 Å². The van der Waals surface area contributed by atoms with Gasteiger partial charge in [-0.3, -0.25) is 4.79 Å². The number of hydrogen-bond acceptors (Lipinski definition) is 2. The standard InChI is InChI=1S/C15H32N2O/c1-5-7-9-11-13(12-10-8-6-2)17-15(3,4)14(16)18/h13,17H,5-12H2,1-4H3,(H2,16,18). The normalized spacial score (nSPS) is 12.1. The number of unbranched alkanes of at least 4 members (excludes halogenated alkanes) is 4. The fourth-order valence-corrected chi connectivity index (χ4v) is 2.15. The molecule has 1 amide bonds. The van der Waals surface area contributed by atoms with Gasteiger partial charge in [-0.25, -0.2) is 0 Å². The number of rotatable bonds is 11. The Hall–Kier alpha value is -0.570. The summed E-state index contributed by atoms with van der Waals surface area (Å²) in [5, 5.41) is 3.44. The van der Waals surface area contributed by atoms with Gasteiger partial charge in [-0.1, -0.05) is 52.4 Å². The van der Waals surface area contributed by atoms with Gasteiger partial charge in [-0.2, -0.15) is 0 Å². The number of nitrogens with two attached hydrogens (primary N) is 1. The van der Waals surface area contributed by atoms with E-state index in [1.807, 2.05) is 13.8 Å². The van der Waals surface area contributed by atoms with Crippen LogP contribution in [0.15, 0.2) is 0 Å². The second kappa shape index (κ2) is 9.37. The first-order chi connectivity index (χ1) is 8.44. The van der Waals surface area contributed by atoms with Crippen molar-refractivity contribution in [2.45, 2.75) is 90.6 Å². The smallest absolute Gasteiger partial charge is 0.237 e. The van der Waals surface area contributed by atoms with E-state index in [0.717, 1.165) is 12.8 Å². The molecule has 0 aliphatic rings. The monoisotopic (exact) mass is 256 g/mol. The molecule has 0 aliphatic heterocycles. The maximum absolute atomic E-state index is 11.4. The van der Waals surface area contributed by atoms with Crippen molar-refractivity contribution in [3.63, 3.8) is 0 Å². The predicted molar refractivity (Wildman–Crippen MR) is 78.5 cm³/mol. The molecule has 0 saturated carbocycles. The Morgan fingerprint density at radius 2 is 1.50 bits per heavy atom. The minimum atomic E-state index is -0.594. The van der Waals surface area contributed by atoms with E-state index in [1.54, 1.807) is 0 Å². The molecule has 0 heterocycles. The summed E-state index contributed by atoms with van der Waals surface area (Å²) in [7, 11) is 0. The van der Waals surface area contributed by atoms with Crippen LogP contribution in [0.3, 0.4) is 0 Å². The van der Waals surface area contributed by atoms with E-state index < -0.39 is 5.54 Å². The molecule has 0 aromatic carbocycles. The number of hydrogen-bond donors (Lipinski definition) is 2. The molecule has 18 heavy (non-hydrogen) atoms. The third-order valence-corrected chi connectivity index (χ3v) is 3.49. The number of amides is 1. The third kappa shape index (κ3) is 7.70. The summed E-state index contributed by atoms with van der Waals surface area (Å²) in [6, 6.07) is 0.422. The van der Waals surface area contributed by atoms with Crippen molar-refractivity contribution in [2.75, 3.05) is 0 Å². The molecule has 0 bridgehead atoms. The summed E-state index contributed by atoms with van der Waals surface area (Å²) in [6.45, 7) is 8.18. The van der Waals surface area contributed by atoms with Crippen LogP contribution < -0.4 is 11.1 Å². The molecule has 0 spiro atoms. The van der Waals surface area contributed by atoms with Crippen LogP contribution in [-0.2, 0) is 4.79 Å². The van der Waals surface area contributed by atoms with Crippen LogP contribution >= 0.6 is 0 Å². The average molecular weight is 256 g/mol. The number of carbonyl (C=O) groups is 1. The van der Waals surface area contributed by atoms with Crippen molar-refractivity contribution in [1.29, 1.82) is 0 Å². The molecule has 0 unspecified atom stereocenters. The fourth-order valence-electron chi connectivity index (χ4n) is 2.15. The SMILES string of the molecule is CCCCCC(CCCCC)NC(C)(C)C(N)=O. The summed E-state index contributed by atoms with van der Waals surface area (Å²) in [5.41, 5.74) is 4.83. The van der Waals surface area contributed by atoms with Gasteiger partial charge in [0.15, 0.2) is 0 Å². The van der Waals surface area contributed by atoms with E-state index in [9.17, 15) is 4.79 Å². The Morgan fingerprint density at radius 1 is 1.06 bits per heavy atom. The van der Waals surface area contributed by atoms with Crippen molar-refractivity contribution in [3.8, 4) is 0 Å². The van der Waals surface area contributed by atoms with Crippen LogP contribution in [0, 0.1) is 0 Å². The summed E-state index contributed by atoms with van der Waals surface area (Å²) < 4.78 is 0. The Bertz CT molecular complexity index is 217. The highest BCUT2D eigenvalue weighted by molar-refractivity contribution is 5.83. The molecule has 0 atom stereocenters. The van der Waals surface area contributed by atoms with Crippen LogP contribution in [-0.4, -0.2) is 17.5 Å². The summed E-state index contributed by atoms with van der Waals surface area (Å²) in [6.07, 6.45) is 9.76. The summed E-state index contributed by atoms with van der Waals surface area (Å²) >= 11 is 0. The topological polar surface area (TPSA) is 55.1 Å². The average Bonchev–Trinajstić information content (AvgIpc) is 2.28. The number of primary amides is 1. The Labute approximate surface area is 113 Å². The molecule has 0 aliphatic carbocycles. The molecule has 0 fully saturated rings. The zero-order valence-corrected chi connectivity index (χ0v) is 12.7. The molecule has 0 radical (unpaired) electrons. The van der Waals surface area contributed by atoms with E-state index in [0.29, 0.717) is 6.04 Å². The fraction of sp³-hybridized carbons (Fsp3) is 0.933. The highest BCUT2D eigenvalue weighted by Gasteiger charge is 2.27. The first-order valence-corrected chi connectivity index (χ1v) is 7.51. The highest BCUT2D eigenvalue weighted by Crippen LogP contribution is 2.14. The van der Waals surface area contributed by atoms with Gasteiger partial charge >= 0.3 is 0 Å². The second-order valence-corrected chi connectivity index (χ2v) is 5.82. The van der Waals surface area contributed by atoms with E-state index in [1.165, 1.54) is 38.5 Å². The molecule has 3 nitrogen and oxygen atoms in total. The summed E-state index contributed by atoms with van der Waals surface area (Å²) in [5.74, 6) is -0.265. The van der Waals surface area contributed by atoms with Gasteiger partial charge in [-0.15, -0.1) is 0 Å². The van der Waals surface area contributed by atoms with Crippen molar-refractivity contribution >= 4 is 5.91 Å². The maximum atomic E-state index is 11.4. The van der Waals surface area contributed by atoms with Gasteiger partial charge in [0.25, 0.3) is 0 Å². The van der Waals surface area contributed by atoms with Gasteiger partial charge < -0.3 is 11.1 Å². The van der Waals surface area contributed by atoms with Gasteiger partial charge in [-0.05, 0) is 26.7 Å². The van der Waals surface area contributed by atoms with E-state index in [2.05, 4.69) is 19.2 Å². The Balaban J connectivity index is 4.22. The van der Waals surface area contributed by atoms with Gasteiger partial charge in [0.1, 0.15) is 0 Å². The lowest BCUT2D eigenvalue weighted by Gasteiger charge is -2.29. The predicted octanol–water partition coefficient (Wildman–Crippen LogP) is 3.37. The lowest BCUT2D eigenvalue weighted by Crippen LogP contribution is -2.54. The van der Waals surface area contributed by atoms with Crippen LogP contribution in [0.4, 0.5) is 0 Å². The molecular weight excluding hydrogens is 224 g/mol. The first kappa shape index (κ1) is 17.4. The Kier molecular flexibility index (Phi) is 9.08. The lowest BCUT2D eigenvalue weighted by molar-refractivity contribution is -0.123. The molecule has 0 saturated heterocycles. The zero-order valence-electron chi connectivity index (χ0n) is 12.7. The zero-order chi connectivity index (χ0) is 14.0. The van der Waals surface area contributed by atoms with Gasteiger partial charge in [0, 0.05) is 6.04 Å². The minimum Gasteiger partial charge on any atom is -0.368 e. The maximum Gasteiger partial charge on any atom is 0.237 e. The van der Waals surface area contributed by atoms with E-state index in [-0.39, 0.29) is 5.91 Å². The van der Waals surface area contributed by atoms with Crippen molar-refractivity contribution < 1.29 is 4.79 Å². The molecule has 0 rings (SSSR count). The Morgan fingerprint density at radius 3 is 1.83 bits per heavy atom. The van der Waals surface area contributed by atoms with Crippen molar-refractivity contribution in [1.82, 2.24) is 5.32 Å². The minimum absolute atomic E-state index is 0.265. The molecule has 0 aromatic rings. The molecular formula is C15H32N2O. The van der Waals surface area contributed by atoms with E-state index in [4.69, 9.17) is 5.73 Å². The molecule has 3 heteroatoms. The molecule has 0 aromatic heterocycles. The van der Waals surface area contributed by atoms with E-state index >= 15 is 0 Å². The number of carbonyl (C=O) groups excluding carboxylic acids is 1. The largest absolute Gasteiger partial charge is 0.368 e. The van der Waals surface area contributed by atoms with Crippen LogP contribution in [0.1, 0.15) is 79.1 Å². The second-order valence-electron chi connectivity index (χ2n) is 5.82. The first-order valence-electron chi connectivity index (χ1n) is 7.51. The van der Waals surface area contributed by atoms with Crippen molar-refractivity contribution in [3.05, 3.63) is 0 Å². The van der Waals surface area contributed by atoms with Gasteiger partial charge in [0.05, 0.1) is 5.54 Å². The van der Waals surface area contributed by atoms with Crippen LogP contribution in [0.25, 0.3) is 0 Å². The molecule has 3 N–H and O–H groups in total. The molecule has 108 valence electrons. The lowest BCUT2D eigenvalue weighted by atomic mass is 9.97. The van der Waals surface area contributed by atoms with Crippen molar-refractivity contribution in [2.24, 2.45) is 5.73 Å². The van der Waals surface area contributed by atoms with Crippen LogP contribution in [0.2, 0.25) is 0 Å². The highest BCUT2D eigenvalue weighted by atomic mass is 16.1. The third-order valence-electron chi connectivity index (χ3n) is 3.49.